The van der Waals surface area contributed by atoms with Gasteiger partial charge in [-0.15, -0.1) is 11.3 Å². The molecule has 2 fully saturated rings. The molecule has 0 amide bonds. The van der Waals surface area contributed by atoms with Gasteiger partial charge in [0.2, 0.25) is 0 Å². The molecule has 2 N–H and O–H groups in total. The fraction of sp³-hybridized carbons (Fsp3) is 0.265. The van der Waals surface area contributed by atoms with Gasteiger partial charge in [0.05, 0.1) is 27.4 Å². The highest BCUT2D eigenvalue weighted by molar-refractivity contribution is 7.15. The third-order valence-corrected chi connectivity index (χ3v) is 9.99. The molecule has 8 rings (SSSR count). The summed E-state index contributed by atoms with van der Waals surface area (Å²) in [7, 11) is 0. The Labute approximate surface area is 247 Å². The van der Waals surface area contributed by atoms with Gasteiger partial charge in [0, 0.05) is 40.0 Å². The van der Waals surface area contributed by atoms with Gasteiger partial charge in [0.15, 0.2) is 5.78 Å². The van der Waals surface area contributed by atoms with Crippen LogP contribution in [0.2, 0.25) is 0 Å². The van der Waals surface area contributed by atoms with Crippen LogP contribution in [0.1, 0.15) is 37.3 Å². The van der Waals surface area contributed by atoms with Gasteiger partial charge in [-0.05, 0) is 112 Å². The first-order valence-electron chi connectivity index (χ1n) is 14.4. The van der Waals surface area contributed by atoms with Gasteiger partial charge in [-0.2, -0.15) is 0 Å². The van der Waals surface area contributed by atoms with Gasteiger partial charge in [0.1, 0.15) is 16.1 Å². The molecule has 7 nitrogen and oxygen atoms in total. The maximum Gasteiger partial charge on any atom is 0.173 e. The van der Waals surface area contributed by atoms with Gasteiger partial charge >= 0.3 is 0 Å². The minimum absolute atomic E-state index is 0.181. The van der Waals surface area contributed by atoms with Crippen molar-refractivity contribution in [3.63, 3.8) is 0 Å². The van der Waals surface area contributed by atoms with Crippen LogP contribution in [0.15, 0.2) is 94.5 Å². The summed E-state index contributed by atoms with van der Waals surface area (Å²) in [6.07, 6.45) is 22.2. The lowest BCUT2D eigenvalue weighted by molar-refractivity contribution is -0.127. The molecule has 2 atom stereocenters. The number of ketones is 1. The summed E-state index contributed by atoms with van der Waals surface area (Å²) in [4.78, 5) is 38.2. The van der Waals surface area contributed by atoms with E-state index in [1.54, 1.807) is 11.3 Å². The second-order valence-corrected chi connectivity index (χ2v) is 13.3. The van der Waals surface area contributed by atoms with Gasteiger partial charge in [-0.25, -0.2) is 9.98 Å². The monoisotopic (exact) mass is 570 g/mol. The number of aromatic amines is 1. The Hall–Kier alpha value is -4.43. The van der Waals surface area contributed by atoms with Crippen LogP contribution in [-0.4, -0.2) is 37.7 Å². The summed E-state index contributed by atoms with van der Waals surface area (Å²) in [5.74, 6) is 0.414. The number of aliphatic imine (C=N–C) groups is 2. The number of carbonyl (C=O) groups excluding carboxylic acids is 1. The number of Topliss-reactive ketones (excluding diaryl/α,β-unsaturated/α-hetero) is 1. The number of hydrogen-bond donors (Lipinski definition) is 2. The second-order valence-electron chi connectivity index (χ2n) is 12.3. The summed E-state index contributed by atoms with van der Waals surface area (Å²) >= 11 is 1.62. The number of nitrogens with zero attached hydrogens (tertiary/aromatic N) is 4. The standard InChI is InChI=1S/C34H30N6OS/c1-20-14-21(11-13-35-20)30-36-19-29(42-30)33-12-10-26(39-33)16-25-7-6-23(37-25)15-24-8-9-27(38-24)17-34(22-4-5-22)31(41)32(2,3)28(18-33)40-34/h6-19,22,37,40H,4-5H2,1-3H3. The number of thiazole rings is 1. The Balaban J connectivity index is 1.35. The fourth-order valence-corrected chi connectivity index (χ4v) is 7.40. The number of aryl methyl sites for hydroxylation is 1. The Bertz CT molecular complexity index is 2000. The van der Waals surface area contributed by atoms with E-state index < -0.39 is 16.5 Å². The Morgan fingerprint density at radius 1 is 0.976 bits per heavy atom. The van der Waals surface area contributed by atoms with Crippen LogP contribution in [0, 0.1) is 18.3 Å². The van der Waals surface area contributed by atoms with E-state index >= 15 is 0 Å². The average Bonchev–Trinajstić information content (AvgIpc) is 3.33. The van der Waals surface area contributed by atoms with Crippen LogP contribution in [0.3, 0.4) is 0 Å². The molecule has 42 heavy (non-hydrogen) atoms. The summed E-state index contributed by atoms with van der Waals surface area (Å²) in [6.45, 7) is 6.04. The maximum absolute atomic E-state index is 14.4. The van der Waals surface area contributed by atoms with Crippen molar-refractivity contribution in [1.29, 1.82) is 0 Å². The van der Waals surface area contributed by atoms with Gasteiger partial charge in [0.25, 0.3) is 0 Å². The third-order valence-electron chi connectivity index (χ3n) is 8.81. The molecular weight excluding hydrogens is 540 g/mol. The predicted molar refractivity (Wildman–Crippen MR) is 167 cm³/mol. The molecule has 8 bridgehead atoms. The van der Waals surface area contributed by atoms with Crippen molar-refractivity contribution in [1.82, 2.24) is 20.3 Å². The molecule has 2 unspecified atom stereocenters. The number of H-pyrrole nitrogens is 1. The first kappa shape index (κ1) is 25.3. The number of hydrogen-bond acceptors (Lipinski definition) is 7. The molecule has 3 aromatic rings. The molecule has 5 aliphatic rings. The zero-order valence-corrected chi connectivity index (χ0v) is 24.5. The largest absolute Gasteiger partial charge is 0.372 e. The van der Waals surface area contributed by atoms with E-state index in [1.807, 2.05) is 69.6 Å². The first-order valence-corrected chi connectivity index (χ1v) is 15.2. The second kappa shape index (κ2) is 8.79. The van der Waals surface area contributed by atoms with Crippen molar-refractivity contribution in [2.45, 2.75) is 44.7 Å². The molecule has 1 aliphatic carbocycles. The number of rotatable bonds is 3. The first-order chi connectivity index (χ1) is 20.2. The Morgan fingerprint density at radius 3 is 2.57 bits per heavy atom. The SMILES string of the molecule is Cc1cc(-c2ncc(C34C=CC(=N3)C=c3ccc([nH]3)=CC3=NC(=CC5(C6CC6)NC(=C4)C(C)(C)C5=O)C=C3)s2)ccn1. The van der Waals surface area contributed by atoms with Gasteiger partial charge in [-0.3, -0.25) is 14.8 Å². The molecule has 1 saturated heterocycles. The molecular formula is C34H30N6OS. The van der Waals surface area contributed by atoms with Gasteiger partial charge in [-0.1, -0.05) is 0 Å². The molecule has 0 radical (unpaired) electrons. The molecule has 7 heterocycles. The number of pyridine rings is 1. The Morgan fingerprint density at radius 2 is 1.79 bits per heavy atom. The number of aromatic nitrogens is 3. The summed E-state index contributed by atoms with van der Waals surface area (Å²) in [6, 6.07) is 8.14. The minimum atomic E-state index is -0.812. The van der Waals surface area contributed by atoms with Crippen LogP contribution in [0.4, 0.5) is 0 Å². The maximum atomic E-state index is 14.4. The van der Waals surface area contributed by atoms with E-state index in [4.69, 9.17) is 15.0 Å². The molecule has 0 aromatic carbocycles. The average molecular weight is 571 g/mol. The smallest absolute Gasteiger partial charge is 0.173 e. The molecule has 208 valence electrons. The van der Waals surface area contributed by atoms with Gasteiger partial charge < -0.3 is 10.3 Å². The number of allylic oxidation sites excluding steroid dienone is 4. The predicted octanol–water partition coefficient (Wildman–Crippen LogP) is 4.45. The molecule has 3 aromatic heterocycles. The zero-order chi connectivity index (χ0) is 28.7. The van der Waals surface area contributed by atoms with E-state index in [-0.39, 0.29) is 11.7 Å². The number of nitrogens with one attached hydrogen (secondary N) is 2. The summed E-state index contributed by atoms with van der Waals surface area (Å²) < 4.78 is 0. The third kappa shape index (κ3) is 3.96. The molecule has 4 aliphatic heterocycles. The minimum Gasteiger partial charge on any atom is -0.372 e. The summed E-state index contributed by atoms with van der Waals surface area (Å²) in [5, 5.41) is 6.60. The lowest BCUT2D eigenvalue weighted by Crippen LogP contribution is -2.47. The fourth-order valence-electron chi connectivity index (χ4n) is 6.40. The van der Waals surface area contributed by atoms with Crippen LogP contribution < -0.4 is 16.0 Å². The van der Waals surface area contributed by atoms with E-state index in [2.05, 4.69) is 51.7 Å². The van der Waals surface area contributed by atoms with E-state index in [9.17, 15) is 4.79 Å². The molecule has 8 heteroatoms. The molecule has 1 saturated carbocycles. The van der Waals surface area contributed by atoms with Crippen LogP contribution in [0.5, 0.6) is 0 Å². The topological polar surface area (TPSA) is 95.4 Å². The van der Waals surface area contributed by atoms with E-state index in [0.717, 1.165) is 67.5 Å². The van der Waals surface area contributed by atoms with Crippen molar-refractivity contribution >= 4 is 40.7 Å². The number of carbonyl (C=O) groups is 1. The molecule has 0 spiro atoms. The van der Waals surface area contributed by atoms with Crippen LogP contribution in [-0.2, 0) is 10.3 Å². The van der Waals surface area contributed by atoms with Crippen molar-refractivity contribution in [2.75, 3.05) is 0 Å². The highest BCUT2D eigenvalue weighted by Gasteiger charge is 2.60. The number of fused-ring (bicyclic) bond motifs is 6. The van der Waals surface area contributed by atoms with Crippen molar-refractivity contribution in [3.8, 4) is 10.6 Å². The summed E-state index contributed by atoms with van der Waals surface area (Å²) in [5.41, 5.74) is 3.02. The Kier molecular flexibility index (Phi) is 5.29. The highest BCUT2D eigenvalue weighted by atomic mass is 32.1. The van der Waals surface area contributed by atoms with Crippen LogP contribution in [0.25, 0.3) is 22.7 Å². The highest BCUT2D eigenvalue weighted by Crippen LogP contribution is 2.52. The lowest BCUT2D eigenvalue weighted by Gasteiger charge is -2.26. The quantitative estimate of drug-likeness (QED) is 0.487. The van der Waals surface area contributed by atoms with E-state index in [1.165, 1.54) is 0 Å². The van der Waals surface area contributed by atoms with Crippen molar-refractivity contribution in [3.05, 3.63) is 106 Å². The van der Waals surface area contributed by atoms with E-state index in [0.29, 0.717) is 0 Å². The van der Waals surface area contributed by atoms with Crippen molar-refractivity contribution in [2.24, 2.45) is 21.3 Å². The zero-order valence-electron chi connectivity index (χ0n) is 23.7. The van der Waals surface area contributed by atoms with Crippen molar-refractivity contribution < 1.29 is 4.79 Å². The normalized spacial score (nSPS) is 27.1. The van der Waals surface area contributed by atoms with Crippen LogP contribution >= 0.6 is 11.3 Å². The lowest BCUT2D eigenvalue weighted by atomic mass is 9.77.